The van der Waals surface area contributed by atoms with Crippen LogP contribution in [0.5, 0.6) is 0 Å². The second kappa shape index (κ2) is 7.55. The molecule has 2 aliphatic rings. The Labute approximate surface area is 174 Å². The van der Waals surface area contributed by atoms with Crippen molar-refractivity contribution in [3.63, 3.8) is 0 Å². The minimum Gasteiger partial charge on any atom is -0.371 e. The van der Waals surface area contributed by atoms with Crippen LogP contribution in [0.25, 0.3) is 10.6 Å². The standard InChI is InChI=1S/C22H23N5OS/c1-15-17(5-4-6-19(15)26-8-2-3-9-26)22(28)27-10-7-18-20(13-27)29-21(25-18)16-11-23-14-24-12-16/h4-6,11-12,14H,2-3,7-10,13H2,1H3. The molecule has 5 rings (SSSR count). The minimum atomic E-state index is 0.118. The molecule has 2 aromatic heterocycles. The number of nitrogens with zero attached hydrogens (tertiary/aromatic N) is 5. The minimum absolute atomic E-state index is 0.118. The van der Waals surface area contributed by atoms with E-state index in [9.17, 15) is 4.79 Å². The molecule has 6 nitrogen and oxygen atoms in total. The van der Waals surface area contributed by atoms with Crippen LogP contribution in [0.1, 0.15) is 39.3 Å². The highest BCUT2D eigenvalue weighted by atomic mass is 32.1. The molecule has 0 radical (unpaired) electrons. The highest BCUT2D eigenvalue weighted by molar-refractivity contribution is 7.15. The lowest BCUT2D eigenvalue weighted by molar-refractivity contribution is 0.0735. The summed E-state index contributed by atoms with van der Waals surface area (Å²) >= 11 is 1.64. The number of hydrogen-bond donors (Lipinski definition) is 0. The van der Waals surface area contributed by atoms with Crippen LogP contribution in [0.4, 0.5) is 5.69 Å². The summed E-state index contributed by atoms with van der Waals surface area (Å²) in [4.78, 5) is 31.8. The first-order valence-corrected chi connectivity index (χ1v) is 10.9. The monoisotopic (exact) mass is 405 g/mol. The van der Waals surface area contributed by atoms with Gasteiger partial charge in [0.25, 0.3) is 5.91 Å². The van der Waals surface area contributed by atoms with Crippen LogP contribution in [-0.2, 0) is 13.0 Å². The first-order valence-electron chi connectivity index (χ1n) is 10.1. The van der Waals surface area contributed by atoms with Crippen LogP contribution in [0.2, 0.25) is 0 Å². The maximum absolute atomic E-state index is 13.3. The van der Waals surface area contributed by atoms with Gasteiger partial charge in [0.15, 0.2) is 0 Å². The number of thiazole rings is 1. The zero-order chi connectivity index (χ0) is 19.8. The molecule has 7 heteroatoms. The topological polar surface area (TPSA) is 62.2 Å². The fourth-order valence-corrected chi connectivity index (χ4v) is 5.33. The average molecular weight is 406 g/mol. The van der Waals surface area contributed by atoms with Crippen molar-refractivity contribution < 1.29 is 4.79 Å². The van der Waals surface area contributed by atoms with Gasteiger partial charge in [-0.15, -0.1) is 11.3 Å². The summed E-state index contributed by atoms with van der Waals surface area (Å²) < 4.78 is 0. The summed E-state index contributed by atoms with van der Waals surface area (Å²) in [6.45, 7) is 5.56. The zero-order valence-electron chi connectivity index (χ0n) is 16.5. The maximum atomic E-state index is 13.3. The third kappa shape index (κ3) is 3.40. The second-order valence-corrected chi connectivity index (χ2v) is 8.72. The van der Waals surface area contributed by atoms with Crippen LogP contribution in [0, 0.1) is 6.92 Å². The predicted octanol–water partition coefficient (Wildman–Crippen LogP) is 3.71. The van der Waals surface area contributed by atoms with Crippen molar-refractivity contribution in [2.75, 3.05) is 24.5 Å². The molecule has 0 N–H and O–H groups in total. The van der Waals surface area contributed by atoms with Gasteiger partial charge in [-0.3, -0.25) is 4.79 Å². The van der Waals surface area contributed by atoms with Crippen LogP contribution < -0.4 is 4.90 Å². The first-order chi connectivity index (χ1) is 14.2. The van der Waals surface area contributed by atoms with Crippen molar-refractivity contribution in [1.29, 1.82) is 0 Å². The number of rotatable bonds is 3. The molecule has 0 atom stereocenters. The highest BCUT2D eigenvalue weighted by Crippen LogP contribution is 2.33. The maximum Gasteiger partial charge on any atom is 0.254 e. The lowest BCUT2D eigenvalue weighted by atomic mass is 10.0. The SMILES string of the molecule is Cc1c(C(=O)N2CCc3nc(-c4cncnc4)sc3C2)cccc1N1CCCC1. The van der Waals surface area contributed by atoms with E-state index in [0.717, 1.165) is 51.8 Å². The number of hydrogen-bond acceptors (Lipinski definition) is 6. The van der Waals surface area contributed by atoms with Gasteiger partial charge in [0.1, 0.15) is 11.3 Å². The number of benzene rings is 1. The summed E-state index contributed by atoms with van der Waals surface area (Å²) in [5.74, 6) is 0.118. The van der Waals surface area contributed by atoms with Gasteiger partial charge in [0.05, 0.1) is 12.2 Å². The number of aromatic nitrogens is 3. The summed E-state index contributed by atoms with van der Waals surface area (Å²) in [6.07, 6.45) is 8.34. The summed E-state index contributed by atoms with van der Waals surface area (Å²) in [7, 11) is 0. The number of amides is 1. The molecule has 1 amide bonds. The molecule has 2 aliphatic heterocycles. The smallest absolute Gasteiger partial charge is 0.254 e. The molecule has 148 valence electrons. The van der Waals surface area contributed by atoms with Crippen LogP contribution in [0.15, 0.2) is 36.9 Å². The highest BCUT2D eigenvalue weighted by Gasteiger charge is 2.27. The molecule has 0 bridgehead atoms. The van der Waals surface area contributed by atoms with Gasteiger partial charge < -0.3 is 9.80 Å². The first kappa shape index (κ1) is 18.2. The Morgan fingerprint density at radius 3 is 2.69 bits per heavy atom. The Kier molecular flexibility index (Phi) is 4.75. The molecular formula is C22H23N5OS. The summed E-state index contributed by atoms with van der Waals surface area (Å²) in [6, 6.07) is 6.12. The van der Waals surface area contributed by atoms with E-state index in [0.29, 0.717) is 13.1 Å². The van der Waals surface area contributed by atoms with Gasteiger partial charge >= 0.3 is 0 Å². The lowest BCUT2D eigenvalue weighted by Crippen LogP contribution is -2.36. The van der Waals surface area contributed by atoms with Crippen LogP contribution in [-0.4, -0.2) is 45.4 Å². The molecule has 3 aromatic rings. The Morgan fingerprint density at radius 2 is 1.90 bits per heavy atom. The molecule has 4 heterocycles. The van der Waals surface area contributed by atoms with E-state index in [4.69, 9.17) is 4.98 Å². The zero-order valence-corrected chi connectivity index (χ0v) is 17.3. The van der Waals surface area contributed by atoms with E-state index in [2.05, 4.69) is 27.9 Å². The van der Waals surface area contributed by atoms with E-state index < -0.39 is 0 Å². The van der Waals surface area contributed by atoms with E-state index in [-0.39, 0.29) is 5.91 Å². The predicted molar refractivity (Wildman–Crippen MR) is 114 cm³/mol. The Morgan fingerprint density at radius 1 is 1.10 bits per heavy atom. The fraction of sp³-hybridized carbons (Fsp3) is 0.364. The molecular weight excluding hydrogens is 382 g/mol. The average Bonchev–Trinajstić information content (AvgIpc) is 3.43. The van der Waals surface area contributed by atoms with Gasteiger partial charge in [0.2, 0.25) is 0 Å². The number of fused-ring (bicyclic) bond motifs is 1. The Bertz CT molecular complexity index is 1040. The molecule has 0 saturated carbocycles. The third-order valence-corrected chi connectivity index (χ3v) is 6.94. The summed E-state index contributed by atoms with van der Waals surface area (Å²) in [5.41, 5.74) is 5.14. The van der Waals surface area contributed by atoms with Gasteiger partial charge in [-0.05, 0) is 37.5 Å². The molecule has 0 spiro atoms. The van der Waals surface area contributed by atoms with E-state index in [1.807, 2.05) is 17.0 Å². The largest absolute Gasteiger partial charge is 0.371 e. The van der Waals surface area contributed by atoms with E-state index >= 15 is 0 Å². The van der Waals surface area contributed by atoms with Crippen molar-refractivity contribution in [3.05, 3.63) is 58.6 Å². The second-order valence-electron chi connectivity index (χ2n) is 7.64. The molecule has 0 unspecified atom stereocenters. The van der Waals surface area contributed by atoms with Gasteiger partial charge in [-0.25, -0.2) is 15.0 Å². The van der Waals surface area contributed by atoms with Gasteiger partial charge in [-0.2, -0.15) is 0 Å². The number of carbonyl (C=O) groups excluding carboxylic acids is 1. The van der Waals surface area contributed by atoms with Crippen molar-refractivity contribution in [2.45, 2.75) is 32.7 Å². The van der Waals surface area contributed by atoms with E-state index in [1.165, 1.54) is 24.9 Å². The third-order valence-electron chi connectivity index (χ3n) is 5.81. The molecule has 1 fully saturated rings. The molecule has 0 aliphatic carbocycles. The van der Waals surface area contributed by atoms with Gasteiger partial charge in [0, 0.05) is 60.1 Å². The van der Waals surface area contributed by atoms with Crippen LogP contribution >= 0.6 is 11.3 Å². The quantitative estimate of drug-likeness (QED) is 0.665. The van der Waals surface area contributed by atoms with Crippen molar-refractivity contribution in [2.24, 2.45) is 0 Å². The molecule has 1 aromatic carbocycles. The molecule has 29 heavy (non-hydrogen) atoms. The number of anilines is 1. The number of carbonyl (C=O) groups is 1. The summed E-state index contributed by atoms with van der Waals surface area (Å²) in [5, 5.41) is 0.928. The van der Waals surface area contributed by atoms with Crippen LogP contribution in [0.3, 0.4) is 0 Å². The van der Waals surface area contributed by atoms with Crippen molar-refractivity contribution in [1.82, 2.24) is 19.9 Å². The fourth-order valence-electron chi connectivity index (χ4n) is 4.23. The Balaban J connectivity index is 1.39. The van der Waals surface area contributed by atoms with Crippen molar-refractivity contribution >= 4 is 22.9 Å². The van der Waals surface area contributed by atoms with Crippen molar-refractivity contribution in [3.8, 4) is 10.6 Å². The molecule has 1 saturated heterocycles. The van der Waals surface area contributed by atoms with Gasteiger partial charge in [-0.1, -0.05) is 6.07 Å². The normalized spacial score (nSPS) is 16.2. The Hall–Kier alpha value is -2.80. The van der Waals surface area contributed by atoms with E-state index in [1.54, 1.807) is 23.7 Å². The lowest BCUT2D eigenvalue weighted by Gasteiger charge is -2.28.